The highest BCUT2D eigenvalue weighted by molar-refractivity contribution is 5.96. The highest BCUT2D eigenvalue weighted by atomic mass is 16.5. The molecule has 0 unspecified atom stereocenters. The number of methoxy groups -OCH3 is 4. The average molecular weight is 420 g/mol. The van der Waals surface area contributed by atoms with Crippen LogP contribution in [-0.4, -0.2) is 53.6 Å². The van der Waals surface area contributed by atoms with Crippen LogP contribution in [0, 0.1) is 0 Å². The van der Waals surface area contributed by atoms with Gasteiger partial charge in [0, 0.05) is 0 Å². The van der Waals surface area contributed by atoms with Crippen molar-refractivity contribution in [3.63, 3.8) is 0 Å². The van der Waals surface area contributed by atoms with Gasteiger partial charge in [-0.1, -0.05) is 12.1 Å². The standard InChI is InChI=1S/2C11H14O4/c2*1-4-15-11(12)10-8(13-2)6-5-7-9(10)14-3/h2*5-7H,4H2,1-3H3. The smallest absolute Gasteiger partial charge is 0.345 e. The molecule has 0 spiro atoms. The largest absolute Gasteiger partial charge is 0.496 e. The first-order valence-electron chi connectivity index (χ1n) is 9.25. The van der Waals surface area contributed by atoms with Crippen LogP contribution in [0.25, 0.3) is 0 Å². The molecule has 0 amide bonds. The summed E-state index contributed by atoms with van der Waals surface area (Å²) in [6.45, 7) is 4.14. The van der Waals surface area contributed by atoms with Gasteiger partial charge in [-0.25, -0.2) is 9.59 Å². The van der Waals surface area contributed by atoms with E-state index in [0.717, 1.165) is 0 Å². The molecular weight excluding hydrogens is 392 g/mol. The second-order valence-electron chi connectivity index (χ2n) is 5.52. The molecule has 0 saturated heterocycles. The molecule has 0 aliphatic rings. The van der Waals surface area contributed by atoms with Crippen LogP contribution in [0.15, 0.2) is 36.4 Å². The minimum Gasteiger partial charge on any atom is -0.496 e. The highest BCUT2D eigenvalue weighted by Crippen LogP contribution is 2.29. The van der Waals surface area contributed by atoms with Crippen LogP contribution in [0.5, 0.6) is 23.0 Å². The van der Waals surface area contributed by atoms with E-state index in [-0.39, 0.29) is 0 Å². The Morgan fingerprint density at radius 2 is 0.867 bits per heavy atom. The predicted octanol–water partition coefficient (Wildman–Crippen LogP) is 3.76. The van der Waals surface area contributed by atoms with Gasteiger partial charge in [0.05, 0.1) is 41.7 Å². The topological polar surface area (TPSA) is 89.5 Å². The summed E-state index contributed by atoms with van der Waals surface area (Å²) in [5, 5.41) is 0. The third kappa shape index (κ3) is 6.30. The molecule has 0 bridgehead atoms. The Labute approximate surface area is 176 Å². The van der Waals surface area contributed by atoms with Gasteiger partial charge in [-0.2, -0.15) is 0 Å². The number of hydrogen-bond acceptors (Lipinski definition) is 8. The van der Waals surface area contributed by atoms with E-state index in [0.29, 0.717) is 47.3 Å². The van der Waals surface area contributed by atoms with Gasteiger partial charge in [-0.05, 0) is 38.1 Å². The zero-order chi connectivity index (χ0) is 22.5. The molecule has 164 valence electrons. The number of hydrogen-bond donors (Lipinski definition) is 0. The molecule has 8 heteroatoms. The molecule has 0 fully saturated rings. The lowest BCUT2D eigenvalue weighted by molar-refractivity contribution is 0.0508. The van der Waals surface area contributed by atoms with Crippen molar-refractivity contribution in [2.45, 2.75) is 13.8 Å². The van der Waals surface area contributed by atoms with Crippen molar-refractivity contribution in [3.05, 3.63) is 47.5 Å². The van der Waals surface area contributed by atoms with Gasteiger partial charge in [-0.3, -0.25) is 0 Å². The predicted molar refractivity (Wildman–Crippen MR) is 111 cm³/mol. The monoisotopic (exact) mass is 420 g/mol. The maximum atomic E-state index is 11.6. The Morgan fingerprint density at radius 1 is 0.600 bits per heavy atom. The lowest BCUT2D eigenvalue weighted by Crippen LogP contribution is -2.08. The van der Waals surface area contributed by atoms with E-state index in [1.54, 1.807) is 50.2 Å². The maximum Gasteiger partial charge on any atom is 0.345 e. The first-order valence-corrected chi connectivity index (χ1v) is 9.25. The molecule has 0 N–H and O–H groups in total. The molecule has 0 atom stereocenters. The Bertz CT molecular complexity index is 718. The van der Waals surface area contributed by atoms with Crippen molar-refractivity contribution < 1.29 is 38.0 Å². The van der Waals surface area contributed by atoms with Crippen LogP contribution >= 0.6 is 0 Å². The lowest BCUT2D eigenvalue weighted by Gasteiger charge is -2.11. The van der Waals surface area contributed by atoms with E-state index in [1.165, 1.54) is 28.4 Å². The van der Waals surface area contributed by atoms with Crippen LogP contribution in [0.3, 0.4) is 0 Å². The normalized spacial score (nSPS) is 9.53. The minimum absolute atomic E-state index is 0.319. The quantitative estimate of drug-likeness (QED) is 0.597. The molecule has 2 rings (SSSR count). The number of rotatable bonds is 8. The van der Waals surface area contributed by atoms with Crippen LogP contribution in [0.4, 0.5) is 0 Å². The molecule has 8 nitrogen and oxygen atoms in total. The zero-order valence-corrected chi connectivity index (χ0v) is 18.1. The first-order chi connectivity index (χ1) is 14.5. The Hall–Kier alpha value is -3.42. The molecule has 0 aliphatic heterocycles. The van der Waals surface area contributed by atoms with Crippen molar-refractivity contribution in [1.82, 2.24) is 0 Å². The van der Waals surface area contributed by atoms with Gasteiger partial charge in [0.1, 0.15) is 34.1 Å². The first kappa shape index (κ1) is 24.6. The van der Waals surface area contributed by atoms with Gasteiger partial charge >= 0.3 is 11.9 Å². The number of esters is 2. The van der Waals surface area contributed by atoms with Crippen LogP contribution < -0.4 is 18.9 Å². The summed E-state index contributed by atoms with van der Waals surface area (Å²) in [4.78, 5) is 23.2. The zero-order valence-electron chi connectivity index (χ0n) is 18.1. The van der Waals surface area contributed by atoms with Gasteiger partial charge in [0.2, 0.25) is 0 Å². The summed E-state index contributed by atoms with van der Waals surface area (Å²) < 4.78 is 30.1. The Balaban J connectivity index is 0.000000300. The molecule has 0 radical (unpaired) electrons. The third-order valence-corrected chi connectivity index (χ3v) is 3.81. The second-order valence-corrected chi connectivity index (χ2v) is 5.52. The molecule has 2 aromatic rings. The van der Waals surface area contributed by atoms with E-state index in [4.69, 9.17) is 28.4 Å². The Kier molecular flexibility index (Phi) is 10.6. The fourth-order valence-corrected chi connectivity index (χ4v) is 2.51. The van der Waals surface area contributed by atoms with Gasteiger partial charge in [0.15, 0.2) is 0 Å². The van der Waals surface area contributed by atoms with Gasteiger partial charge in [0.25, 0.3) is 0 Å². The fourth-order valence-electron chi connectivity index (χ4n) is 2.51. The van der Waals surface area contributed by atoms with Crippen molar-refractivity contribution >= 4 is 11.9 Å². The SMILES string of the molecule is CCOC(=O)c1c(OC)cccc1OC.CCOC(=O)c1c(OC)cccc1OC. The van der Waals surface area contributed by atoms with E-state index in [1.807, 2.05) is 0 Å². The number of carbonyl (C=O) groups is 2. The van der Waals surface area contributed by atoms with Crippen LogP contribution in [0.1, 0.15) is 34.6 Å². The molecule has 30 heavy (non-hydrogen) atoms. The number of benzene rings is 2. The Morgan fingerprint density at radius 3 is 1.07 bits per heavy atom. The van der Waals surface area contributed by atoms with Crippen LogP contribution in [0.2, 0.25) is 0 Å². The van der Waals surface area contributed by atoms with Gasteiger partial charge in [-0.15, -0.1) is 0 Å². The van der Waals surface area contributed by atoms with Crippen molar-refractivity contribution in [2.24, 2.45) is 0 Å². The summed E-state index contributed by atoms with van der Waals surface area (Å²) in [6, 6.07) is 10.3. The summed E-state index contributed by atoms with van der Waals surface area (Å²) in [5.74, 6) is 0.930. The van der Waals surface area contributed by atoms with E-state index in [2.05, 4.69) is 0 Å². The maximum absolute atomic E-state index is 11.6. The summed E-state index contributed by atoms with van der Waals surface area (Å²) in [5.41, 5.74) is 0.647. The third-order valence-electron chi connectivity index (χ3n) is 3.81. The fraction of sp³-hybridized carbons (Fsp3) is 0.364. The van der Waals surface area contributed by atoms with Crippen molar-refractivity contribution in [1.29, 1.82) is 0 Å². The molecule has 0 aromatic heterocycles. The second kappa shape index (κ2) is 12.9. The molecule has 0 heterocycles. The highest BCUT2D eigenvalue weighted by Gasteiger charge is 2.19. The molecule has 0 saturated carbocycles. The van der Waals surface area contributed by atoms with Crippen molar-refractivity contribution in [2.75, 3.05) is 41.7 Å². The summed E-state index contributed by atoms with van der Waals surface area (Å²) in [7, 11) is 5.99. The van der Waals surface area contributed by atoms with E-state index < -0.39 is 11.9 Å². The number of carbonyl (C=O) groups excluding carboxylic acids is 2. The summed E-state index contributed by atoms with van der Waals surface area (Å²) in [6.07, 6.45) is 0. The van der Waals surface area contributed by atoms with Gasteiger partial charge < -0.3 is 28.4 Å². The molecular formula is C22H28O8. The van der Waals surface area contributed by atoms with Crippen molar-refractivity contribution in [3.8, 4) is 23.0 Å². The molecule has 0 aliphatic carbocycles. The average Bonchev–Trinajstić information content (AvgIpc) is 2.78. The lowest BCUT2D eigenvalue weighted by atomic mass is 10.2. The van der Waals surface area contributed by atoms with Crippen LogP contribution in [-0.2, 0) is 9.47 Å². The molecule has 2 aromatic carbocycles. The van der Waals surface area contributed by atoms with E-state index >= 15 is 0 Å². The summed E-state index contributed by atoms with van der Waals surface area (Å²) >= 11 is 0. The van der Waals surface area contributed by atoms with E-state index in [9.17, 15) is 9.59 Å². The number of ether oxygens (including phenoxy) is 6. The minimum atomic E-state index is -0.438.